The van der Waals surface area contributed by atoms with Gasteiger partial charge in [-0.3, -0.25) is 0 Å². The minimum atomic E-state index is -4.70. The number of benzene rings is 1. The first-order valence-electron chi connectivity index (χ1n) is 5.71. The van der Waals surface area contributed by atoms with Crippen LogP contribution in [0.2, 0.25) is 0 Å². The van der Waals surface area contributed by atoms with Gasteiger partial charge >= 0.3 is 6.36 Å². The highest BCUT2D eigenvalue weighted by atomic mass is 32.2. The van der Waals surface area contributed by atoms with E-state index in [-0.39, 0.29) is 11.5 Å². The second-order valence-electron chi connectivity index (χ2n) is 4.09. The predicted molar refractivity (Wildman–Crippen MR) is 67.4 cm³/mol. The molecule has 1 rings (SSSR count). The van der Waals surface area contributed by atoms with Crippen LogP contribution in [-0.4, -0.2) is 27.1 Å². The van der Waals surface area contributed by atoms with Gasteiger partial charge in [0.15, 0.2) is 0 Å². The second-order valence-corrected chi connectivity index (χ2v) is 5.82. The molecule has 0 atom stereocenters. The van der Waals surface area contributed by atoms with Crippen LogP contribution in [0.15, 0.2) is 24.3 Å². The van der Waals surface area contributed by atoms with Crippen LogP contribution in [0.5, 0.6) is 5.75 Å². The zero-order chi connectivity index (χ0) is 15.2. The first kappa shape index (κ1) is 16.7. The van der Waals surface area contributed by atoms with E-state index in [1.807, 2.05) is 0 Å². The van der Waals surface area contributed by atoms with Crippen molar-refractivity contribution < 1.29 is 26.3 Å². The van der Waals surface area contributed by atoms with Gasteiger partial charge in [-0.2, -0.15) is 0 Å². The number of rotatable bonds is 7. The maximum absolute atomic E-state index is 11.9. The summed E-state index contributed by atoms with van der Waals surface area (Å²) in [5, 5.41) is 7.79. The molecule has 9 heteroatoms. The molecule has 0 aliphatic rings. The number of hydrogen-bond acceptors (Lipinski definition) is 4. The highest BCUT2D eigenvalue weighted by Gasteiger charge is 2.30. The van der Waals surface area contributed by atoms with Crippen LogP contribution >= 0.6 is 0 Å². The van der Waals surface area contributed by atoms with Crippen LogP contribution in [0, 0.1) is 0 Å². The quantitative estimate of drug-likeness (QED) is 0.745. The molecule has 0 fully saturated rings. The fourth-order valence-corrected chi connectivity index (χ4v) is 1.99. The van der Waals surface area contributed by atoms with Crippen molar-refractivity contribution in [2.24, 2.45) is 5.14 Å². The first-order valence-corrected chi connectivity index (χ1v) is 7.43. The average molecular weight is 312 g/mol. The van der Waals surface area contributed by atoms with Crippen molar-refractivity contribution in [2.45, 2.75) is 19.3 Å². The van der Waals surface area contributed by atoms with Gasteiger partial charge in [-0.15, -0.1) is 13.2 Å². The van der Waals surface area contributed by atoms with Crippen LogP contribution in [0.3, 0.4) is 0 Å². The van der Waals surface area contributed by atoms with Gasteiger partial charge in [-0.1, -0.05) is 12.1 Å². The normalized spacial score (nSPS) is 12.4. The Balaban J connectivity index is 2.32. The average Bonchev–Trinajstić information content (AvgIpc) is 2.27. The minimum Gasteiger partial charge on any atom is -0.406 e. The summed E-state index contributed by atoms with van der Waals surface area (Å²) in [6, 6.07) is 5.42. The number of halogens is 3. The van der Waals surface area contributed by atoms with E-state index in [2.05, 4.69) is 10.1 Å². The van der Waals surface area contributed by atoms with Crippen molar-refractivity contribution in [3.8, 4) is 5.75 Å². The van der Waals surface area contributed by atoms with Crippen molar-refractivity contribution in [3.05, 3.63) is 29.8 Å². The number of nitrogens with two attached hydrogens (primary N) is 1. The van der Waals surface area contributed by atoms with Gasteiger partial charge in [0.2, 0.25) is 10.0 Å². The van der Waals surface area contributed by atoms with Crippen molar-refractivity contribution in [3.63, 3.8) is 0 Å². The Bertz CT molecular complexity index is 515. The fraction of sp³-hybridized carbons (Fsp3) is 0.455. The zero-order valence-electron chi connectivity index (χ0n) is 10.5. The maximum Gasteiger partial charge on any atom is 0.573 e. The van der Waals surface area contributed by atoms with Crippen molar-refractivity contribution >= 4 is 10.0 Å². The smallest absolute Gasteiger partial charge is 0.406 e. The number of primary sulfonamides is 1. The summed E-state index contributed by atoms with van der Waals surface area (Å²) in [6.07, 6.45) is -4.33. The van der Waals surface area contributed by atoms with Crippen LogP contribution in [0.4, 0.5) is 13.2 Å². The van der Waals surface area contributed by atoms with Gasteiger partial charge in [0, 0.05) is 6.54 Å². The lowest BCUT2D eigenvalue weighted by Gasteiger charge is -2.09. The molecule has 0 aliphatic carbocycles. The third-order valence-corrected chi connectivity index (χ3v) is 3.13. The standard InChI is InChI=1S/C11H15F3N2O3S/c12-11(13,14)19-10-4-2-9(3-5-10)8-16-6-1-7-20(15,17)18/h2-5,16H,1,6-8H2,(H2,15,17,18). The Kier molecular flexibility index (Phi) is 5.78. The molecule has 1 aromatic carbocycles. The van der Waals surface area contributed by atoms with Gasteiger partial charge < -0.3 is 10.1 Å². The van der Waals surface area contributed by atoms with E-state index in [0.717, 1.165) is 5.56 Å². The van der Waals surface area contributed by atoms with Gasteiger partial charge in [0.25, 0.3) is 0 Å². The molecule has 0 saturated carbocycles. The molecule has 3 N–H and O–H groups in total. The Morgan fingerprint density at radius 2 is 1.80 bits per heavy atom. The van der Waals surface area contributed by atoms with Crippen molar-refractivity contribution in [2.75, 3.05) is 12.3 Å². The lowest BCUT2D eigenvalue weighted by Crippen LogP contribution is -2.22. The Morgan fingerprint density at radius 3 is 2.30 bits per heavy atom. The summed E-state index contributed by atoms with van der Waals surface area (Å²) in [5.41, 5.74) is 0.759. The molecule has 0 amide bonds. The summed E-state index contributed by atoms with van der Waals surface area (Å²) >= 11 is 0. The third kappa shape index (κ3) is 7.97. The highest BCUT2D eigenvalue weighted by Crippen LogP contribution is 2.22. The topological polar surface area (TPSA) is 81.4 Å². The summed E-state index contributed by atoms with van der Waals surface area (Å²) in [4.78, 5) is 0. The maximum atomic E-state index is 11.9. The van der Waals surface area contributed by atoms with Crippen molar-refractivity contribution in [1.82, 2.24) is 5.32 Å². The number of hydrogen-bond donors (Lipinski definition) is 2. The molecule has 0 bridgehead atoms. The fourth-order valence-electron chi connectivity index (χ4n) is 1.44. The first-order chi connectivity index (χ1) is 9.16. The van der Waals surface area contributed by atoms with Crippen LogP contribution in [0.25, 0.3) is 0 Å². The highest BCUT2D eigenvalue weighted by molar-refractivity contribution is 7.89. The molecular weight excluding hydrogens is 297 g/mol. The summed E-state index contributed by atoms with van der Waals surface area (Å²) in [5.74, 6) is -0.395. The van der Waals surface area contributed by atoms with E-state index in [1.165, 1.54) is 24.3 Å². The second kappa shape index (κ2) is 6.91. The minimum absolute atomic E-state index is 0.113. The van der Waals surface area contributed by atoms with Gasteiger partial charge in [0.1, 0.15) is 5.75 Å². The summed E-state index contributed by atoms with van der Waals surface area (Å²) < 4.78 is 60.9. The predicted octanol–water partition coefficient (Wildman–Crippen LogP) is 1.35. The number of sulfonamides is 1. The van der Waals surface area contributed by atoms with Crippen molar-refractivity contribution in [1.29, 1.82) is 0 Å². The molecule has 0 spiro atoms. The van der Waals surface area contributed by atoms with E-state index in [1.54, 1.807) is 0 Å². The third-order valence-electron chi connectivity index (χ3n) is 2.27. The molecule has 20 heavy (non-hydrogen) atoms. The molecule has 0 aromatic heterocycles. The SMILES string of the molecule is NS(=O)(=O)CCCNCc1ccc(OC(F)(F)F)cc1. The number of nitrogens with one attached hydrogen (secondary N) is 1. The van der Waals surface area contributed by atoms with Crippen LogP contribution in [0.1, 0.15) is 12.0 Å². The van der Waals surface area contributed by atoms with E-state index in [4.69, 9.17) is 5.14 Å². The number of alkyl halides is 3. The molecule has 0 aliphatic heterocycles. The number of ether oxygens (including phenoxy) is 1. The largest absolute Gasteiger partial charge is 0.573 e. The molecule has 1 aromatic rings. The Labute approximate surface area is 115 Å². The summed E-state index contributed by atoms with van der Waals surface area (Å²) in [6.45, 7) is 0.855. The van der Waals surface area contributed by atoms with E-state index < -0.39 is 16.4 Å². The molecule has 0 heterocycles. The van der Waals surface area contributed by atoms with Gasteiger partial charge in [-0.05, 0) is 30.7 Å². The summed E-state index contributed by atoms with van der Waals surface area (Å²) in [7, 11) is -3.46. The van der Waals surface area contributed by atoms with Gasteiger partial charge in [0.05, 0.1) is 5.75 Å². The molecule has 0 unspecified atom stereocenters. The molecule has 114 valence electrons. The van der Waals surface area contributed by atoms with Gasteiger partial charge in [-0.25, -0.2) is 13.6 Å². The molecular formula is C11H15F3N2O3S. The van der Waals surface area contributed by atoms with E-state index in [0.29, 0.717) is 19.5 Å². The Morgan fingerprint density at radius 1 is 1.20 bits per heavy atom. The lowest BCUT2D eigenvalue weighted by atomic mass is 10.2. The van der Waals surface area contributed by atoms with E-state index >= 15 is 0 Å². The molecule has 5 nitrogen and oxygen atoms in total. The van der Waals surface area contributed by atoms with Crippen LogP contribution < -0.4 is 15.2 Å². The zero-order valence-corrected chi connectivity index (χ0v) is 11.3. The lowest BCUT2D eigenvalue weighted by molar-refractivity contribution is -0.274. The molecule has 0 radical (unpaired) electrons. The van der Waals surface area contributed by atoms with Crippen LogP contribution in [-0.2, 0) is 16.6 Å². The van der Waals surface area contributed by atoms with E-state index in [9.17, 15) is 21.6 Å². The monoisotopic (exact) mass is 312 g/mol. The molecule has 0 saturated heterocycles. The Hall–Kier alpha value is -1.32.